The third-order valence-corrected chi connectivity index (χ3v) is 6.60. The molecular weight excluding hydrogens is 402 g/mol. The Balaban J connectivity index is 2.16. The maximum atomic E-state index is 13.6. The average molecular weight is 430 g/mol. The molecule has 160 valence electrons. The SMILES string of the molecule is CCCCOc1nc(-c2ccc(OC)cc2)n(S(=O)(=O)c2c(C)cc(C)cc2C)n1. The van der Waals surface area contributed by atoms with Crippen molar-refractivity contribution in [2.75, 3.05) is 13.7 Å². The highest BCUT2D eigenvalue weighted by molar-refractivity contribution is 7.90. The normalized spacial score (nSPS) is 11.5. The number of unbranched alkanes of at least 4 members (excludes halogenated alkanes) is 1. The zero-order valence-corrected chi connectivity index (χ0v) is 18.8. The third-order valence-electron chi connectivity index (χ3n) is 4.73. The van der Waals surface area contributed by atoms with Gasteiger partial charge in [-0.05, 0) is 62.6 Å². The molecule has 0 aliphatic carbocycles. The number of rotatable bonds is 8. The van der Waals surface area contributed by atoms with Crippen molar-refractivity contribution in [2.24, 2.45) is 0 Å². The smallest absolute Gasteiger partial charge is 0.337 e. The van der Waals surface area contributed by atoms with Crippen LogP contribution in [0.5, 0.6) is 11.8 Å². The van der Waals surface area contributed by atoms with Gasteiger partial charge in [-0.25, -0.2) is 0 Å². The van der Waals surface area contributed by atoms with Gasteiger partial charge in [0, 0.05) is 5.56 Å². The van der Waals surface area contributed by atoms with Gasteiger partial charge in [0.1, 0.15) is 5.75 Å². The zero-order valence-electron chi connectivity index (χ0n) is 18.0. The van der Waals surface area contributed by atoms with E-state index in [9.17, 15) is 8.42 Å². The predicted molar refractivity (Wildman–Crippen MR) is 116 cm³/mol. The van der Waals surface area contributed by atoms with Crippen LogP contribution >= 0.6 is 0 Å². The van der Waals surface area contributed by atoms with Gasteiger partial charge in [-0.1, -0.05) is 36.1 Å². The van der Waals surface area contributed by atoms with Crippen molar-refractivity contribution in [2.45, 2.75) is 45.4 Å². The van der Waals surface area contributed by atoms with Gasteiger partial charge in [0.25, 0.3) is 10.0 Å². The summed E-state index contributed by atoms with van der Waals surface area (Å²) in [4.78, 5) is 4.62. The zero-order chi connectivity index (χ0) is 21.9. The Labute approximate surface area is 177 Å². The molecule has 3 aromatic rings. The van der Waals surface area contributed by atoms with Gasteiger partial charge in [-0.2, -0.15) is 13.4 Å². The van der Waals surface area contributed by atoms with Crippen LogP contribution in [0.2, 0.25) is 0 Å². The van der Waals surface area contributed by atoms with Crippen LogP contribution in [-0.4, -0.2) is 36.3 Å². The van der Waals surface area contributed by atoms with Gasteiger partial charge < -0.3 is 9.47 Å². The topological polar surface area (TPSA) is 83.3 Å². The van der Waals surface area contributed by atoms with E-state index >= 15 is 0 Å². The second-order valence-electron chi connectivity index (χ2n) is 7.22. The maximum absolute atomic E-state index is 13.6. The third kappa shape index (κ3) is 4.33. The number of benzene rings is 2. The van der Waals surface area contributed by atoms with Crippen molar-refractivity contribution in [1.29, 1.82) is 0 Å². The van der Waals surface area contributed by atoms with E-state index in [1.54, 1.807) is 45.2 Å². The Kier molecular flexibility index (Phi) is 6.45. The Morgan fingerprint density at radius 3 is 2.23 bits per heavy atom. The molecule has 0 atom stereocenters. The molecule has 1 aromatic heterocycles. The van der Waals surface area contributed by atoms with E-state index in [0.717, 1.165) is 22.5 Å². The average Bonchev–Trinajstić information content (AvgIpc) is 3.12. The highest BCUT2D eigenvalue weighted by Crippen LogP contribution is 2.29. The molecule has 30 heavy (non-hydrogen) atoms. The lowest BCUT2D eigenvalue weighted by Gasteiger charge is -2.13. The summed E-state index contributed by atoms with van der Waals surface area (Å²) in [5.74, 6) is 0.862. The van der Waals surface area contributed by atoms with Crippen LogP contribution in [0.15, 0.2) is 41.3 Å². The summed E-state index contributed by atoms with van der Waals surface area (Å²) in [6.45, 7) is 7.98. The van der Waals surface area contributed by atoms with Crippen LogP contribution in [0.3, 0.4) is 0 Å². The lowest BCUT2D eigenvalue weighted by molar-refractivity contribution is 0.286. The molecule has 8 heteroatoms. The van der Waals surface area contributed by atoms with Gasteiger partial charge in [-0.15, -0.1) is 4.09 Å². The minimum Gasteiger partial charge on any atom is -0.497 e. The van der Waals surface area contributed by atoms with Crippen molar-refractivity contribution < 1.29 is 17.9 Å². The first-order valence-corrected chi connectivity index (χ1v) is 11.3. The van der Waals surface area contributed by atoms with Gasteiger partial charge in [0.15, 0.2) is 5.82 Å². The van der Waals surface area contributed by atoms with Gasteiger partial charge in [0.2, 0.25) is 0 Å². The maximum Gasteiger partial charge on any atom is 0.337 e. The number of nitrogens with zero attached hydrogens (tertiary/aromatic N) is 3. The minimum atomic E-state index is -3.99. The molecule has 2 aromatic carbocycles. The molecule has 0 saturated carbocycles. The fraction of sp³-hybridized carbons (Fsp3) is 0.364. The molecule has 0 amide bonds. The van der Waals surface area contributed by atoms with Crippen molar-refractivity contribution in [3.05, 3.63) is 53.1 Å². The van der Waals surface area contributed by atoms with Crippen LogP contribution in [-0.2, 0) is 10.0 Å². The van der Waals surface area contributed by atoms with E-state index < -0.39 is 10.0 Å². The fourth-order valence-corrected chi connectivity index (χ4v) is 5.05. The molecule has 0 fully saturated rings. The van der Waals surface area contributed by atoms with Crippen molar-refractivity contribution in [3.8, 4) is 23.1 Å². The van der Waals surface area contributed by atoms with Gasteiger partial charge >= 0.3 is 6.01 Å². The predicted octanol–water partition coefficient (Wildman–Crippen LogP) is 4.29. The van der Waals surface area contributed by atoms with E-state index in [0.29, 0.717) is 29.0 Å². The van der Waals surface area contributed by atoms with Crippen molar-refractivity contribution in [1.82, 2.24) is 14.2 Å². The first kappa shape index (κ1) is 21.8. The van der Waals surface area contributed by atoms with Crippen molar-refractivity contribution in [3.63, 3.8) is 0 Å². The fourth-order valence-electron chi connectivity index (χ4n) is 3.39. The monoisotopic (exact) mass is 429 g/mol. The quantitative estimate of drug-likeness (QED) is 0.497. The summed E-state index contributed by atoms with van der Waals surface area (Å²) < 4.78 is 39.0. The van der Waals surface area contributed by atoms with Gasteiger partial charge in [0.05, 0.1) is 18.6 Å². The molecule has 0 unspecified atom stereocenters. The van der Waals surface area contributed by atoms with E-state index in [1.807, 2.05) is 26.0 Å². The molecule has 7 nitrogen and oxygen atoms in total. The summed E-state index contributed by atoms with van der Waals surface area (Å²) in [6, 6.07) is 10.7. The highest BCUT2D eigenvalue weighted by atomic mass is 32.2. The largest absolute Gasteiger partial charge is 0.497 e. The number of hydrogen-bond donors (Lipinski definition) is 0. The van der Waals surface area contributed by atoms with Gasteiger partial charge in [-0.3, -0.25) is 0 Å². The van der Waals surface area contributed by atoms with Crippen LogP contribution in [0.1, 0.15) is 36.5 Å². The molecule has 1 heterocycles. The Hall–Kier alpha value is -2.87. The number of aromatic nitrogens is 3. The van der Waals surface area contributed by atoms with E-state index in [1.165, 1.54) is 0 Å². The Morgan fingerprint density at radius 1 is 1.03 bits per heavy atom. The van der Waals surface area contributed by atoms with Crippen LogP contribution < -0.4 is 9.47 Å². The van der Waals surface area contributed by atoms with Crippen LogP contribution in [0.25, 0.3) is 11.4 Å². The van der Waals surface area contributed by atoms with E-state index in [-0.39, 0.29) is 16.7 Å². The van der Waals surface area contributed by atoms with Crippen LogP contribution in [0, 0.1) is 20.8 Å². The number of methoxy groups -OCH3 is 1. The molecule has 0 bridgehead atoms. The number of hydrogen-bond acceptors (Lipinski definition) is 6. The lowest BCUT2D eigenvalue weighted by Crippen LogP contribution is -2.18. The molecule has 3 rings (SSSR count). The molecular formula is C22H27N3O4S. The summed E-state index contributed by atoms with van der Waals surface area (Å²) in [5, 5.41) is 4.22. The molecule has 0 N–H and O–H groups in total. The summed E-state index contributed by atoms with van der Waals surface area (Å²) >= 11 is 0. The van der Waals surface area contributed by atoms with E-state index in [4.69, 9.17) is 9.47 Å². The summed E-state index contributed by atoms with van der Waals surface area (Å²) in [7, 11) is -2.42. The molecule has 0 aliphatic rings. The number of aryl methyl sites for hydroxylation is 3. The highest BCUT2D eigenvalue weighted by Gasteiger charge is 2.28. The lowest BCUT2D eigenvalue weighted by atomic mass is 10.1. The minimum absolute atomic E-state index is 0.0419. The number of ether oxygens (including phenoxy) is 2. The molecule has 0 saturated heterocycles. The second-order valence-corrected chi connectivity index (χ2v) is 8.93. The Bertz CT molecular complexity index is 1110. The summed E-state index contributed by atoms with van der Waals surface area (Å²) in [5.41, 5.74) is 2.93. The standard InChI is InChI=1S/C22H27N3O4S/c1-6-7-12-29-22-23-21(18-8-10-19(28-5)11-9-18)25(24-22)30(26,27)20-16(3)13-15(2)14-17(20)4/h8-11,13-14H,6-7,12H2,1-5H3. The first-order chi connectivity index (χ1) is 14.3. The van der Waals surface area contributed by atoms with E-state index in [2.05, 4.69) is 10.1 Å². The molecule has 0 spiro atoms. The molecule has 0 radical (unpaired) electrons. The molecule has 0 aliphatic heterocycles. The van der Waals surface area contributed by atoms with Crippen molar-refractivity contribution >= 4 is 10.0 Å². The second kappa shape index (κ2) is 8.87. The first-order valence-electron chi connectivity index (χ1n) is 9.85. The van der Waals surface area contributed by atoms with Crippen LogP contribution in [0.4, 0.5) is 0 Å². The summed E-state index contributed by atoms with van der Waals surface area (Å²) in [6.07, 6.45) is 1.78. The Morgan fingerprint density at radius 2 is 1.67 bits per heavy atom.